The highest BCUT2D eigenvalue weighted by Gasteiger charge is 2.38. The Morgan fingerprint density at radius 2 is 2.45 bits per heavy atom. The van der Waals surface area contributed by atoms with Gasteiger partial charge in [-0.05, 0) is 19.4 Å². The lowest BCUT2D eigenvalue weighted by Crippen LogP contribution is -2.51. The highest BCUT2D eigenvalue weighted by molar-refractivity contribution is 5.79. The average molecular weight is 159 g/mol. The van der Waals surface area contributed by atoms with Gasteiger partial charge in [0.05, 0.1) is 7.11 Å². The van der Waals surface area contributed by atoms with Crippen molar-refractivity contribution < 1.29 is 14.6 Å². The molecule has 0 spiro atoms. The minimum Gasteiger partial charge on any atom is -0.467 e. The number of carbonyl (C=O) groups excluding carboxylic acids is 1. The molecule has 0 bridgehead atoms. The number of β-amino-alcohol motifs (C(OH)–C–C–N with tert-alkyl or cyclic N) is 1. The summed E-state index contributed by atoms with van der Waals surface area (Å²) < 4.78 is 4.46. The second-order valence-electron chi connectivity index (χ2n) is 2.80. The summed E-state index contributed by atoms with van der Waals surface area (Å²) >= 11 is 0. The Morgan fingerprint density at radius 3 is 2.91 bits per heavy atom. The molecule has 0 aliphatic carbocycles. The van der Waals surface area contributed by atoms with Gasteiger partial charge in [-0.25, -0.2) is 4.79 Å². The number of nitrogens with one attached hydrogen (secondary N) is 1. The van der Waals surface area contributed by atoms with Gasteiger partial charge >= 0.3 is 5.97 Å². The van der Waals surface area contributed by atoms with Gasteiger partial charge < -0.3 is 15.2 Å². The highest BCUT2D eigenvalue weighted by Crippen LogP contribution is 2.16. The number of carbonyl (C=O) groups is 1. The van der Waals surface area contributed by atoms with Crippen molar-refractivity contribution in [3.05, 3.63) is 0 Å². The molecular weight excluding hydrogens is 146 g/mol. The van der Waals surface area contributed by atoms with Gasteiger partial charge in [0.1, 0.15) is 0 Å². The van der Waals surface area contributed by atoms with E-state index in [0.717, 1.165) is 13.0 Å². The summed E-state index contributed by atoms with van der Waals surface area (Å²) in [4.78, 5) is 11.0. The van der Waals surface area contributed by atoms with Crippen LogP contribution in [0.4, 0.5) is 0 Å². The van der Waals surface area contributed by atoms with E-state index in [1.165, 1.54) is 7.11 Å². The molecule has 1 unspecified atom stereocenters. The zero-order valence-corrected chi connectivity index (χ0v) is 6.59. The molecular formula is C7H13NO3. The normalized spacial score (nSPS) is 31.5. The van der Waals surface area contributed by atoms with Gasteiger partial charge in [0, 0.05) is 6.54 Å². The van der Waals surface area contributed by atoms with Gasteiger partial charge in [0.2, 0.25) is 0 Å². The molecule has 1 atom stereocenters. The Hall–Kier alpha value is -0.610. The van der Waals surface area contributed by atoms with E-state index in [1.54, 1.807) is 0 Å². The van der Waals surface area contributed by atoms with Crippen molar-refractivity contribution >= 4 is 5.97 Å². The van der Waals surface area contributed by atoms with Gasteiger partial charge in [-0.15, -0.1) is 0 Å². The maximum absolute atomic E-state index is 11.0. The van der Waals surface area contributed by atoms with E-state index in [-0.39, 0.29) is 0 Å². The molecule has 1 rings (SSSR count). The van der Waals surface area contributed by atoms with Crippen molar-refractivity contribution in [3.8, 4) is 0 Å². The van der Waals surface area contributed by atoms with Crippen molar-refractivity contribution in [3.63, 3.8) is 0 Å². The molecule has 1 heterocycles. The molecule has 0 saturated carbocycles. The van der Waals surface area contributed by atoms with E-state index in [4.69, 9.17) is 0 Å². The van der Waals surface area contributed by atoms with E-state index in [2.05, 4.69) is 10.1 Å². The van der Waals surface area contributed by atoms with Gasteiger partial charge in [-0.2, -0.15) is 0 Å². The molecule has 1 aliphatic rings. The summed E-state index contributed by atoms with van der Waals surface area (Å²) in [6, 6.07) is 0. The molecule has 11 heavy (non-hydrogen) atoms. The van der Waals surface area contributed by atoms with E-state index in [9.17, 15) is 9.90 Å². The molecule has 1 aliphatic heterocycles. The molecule has 0 aromatic rings. The van der Waals surface area contributed by atoms with Crippen LogP contribution in [0.25, 0.3) is 0 Å². The molecule has 1 fully saturated rings. The largest absolute Gasteiger partial charge is 0.467 e. The third-order valence-corrected chi connectivity index (χ3v) is 1.93. The first kappa shape index (κ1) is 8.49. The number of hydrogen-bond acceptors (Lipinski definition) is 4. The van der Waals surface area contributed by atoms with Crippen molar-refractivity contribution in [2.75, 3.05) is 20.2 Å². The number of aliphatic hydroxyl groups is 1. The smallest absolute Gasteiger partial charge is 0.339 e. The Bertz CT molecular complexity index is 152. The van der Waals surface area contributed by atoms with E-state index in [1.807, 2.05) is 0 Å². The summed E-state index contributed by atoms with van der Waals surface area (Å²) in [6.45, 7) is 1.17. The van der Waals surface area contributed by atoms with Crippen LogP contribution in [-0.4, -0.2) is 36.9 Å². The van der Waals surface area contributed by atoms with E-state index in [0.29, 0.717) is 13.0 Å². The van der Waals surface area contributed by atoms with Crippen LogP contribution in [0.5, 0.6) is 0 Å². The molecule has 64 valence electrons. The summed E-state index contributed by atoms with van der Waals surface area (Å²) in [5, 5.41) is 12.5. The van der Waals surface area contributed by atoms with Crippen molar-refractivity contribution in [2.24, 2.45) is 0 Å². The molecule has 1 saturated heterocycles. The summed E-state index contributed by atoms with van der Waals surface area (Å²) in [7, 11) is 1.29. The number of hydrogen-bond donors (Lipinski definition) is 2. The fourth-order valence-electron chi connectivity index (χ4n) is 1.25. The summed E-state index contributed by atoms with van der Waals surface area (Å²) in [5.74, 6) is -0.537. The zero-order chi connectivity index (χ0) is 8.32. The predicted octanol–water partition coefficient (Wildman–Crippen LogP) is -0.726. The van der Waals surface area contributed by atoms with Gasteiger partial charge in [-0.1, -0.05) is 0 Å². The van der Waals surface area contributed by atoms with Crippen LogP contribution in [0.2, 0.25) is 0 Å². The van der Waals surface area contributed by atoms with Crippen molar-refractivity contribution in [1.29, 1.82) is 0 Å². The van der Waals surface area contributed by atoms with Crippen molar-refractivity contribution in [2.45, 2.75) is 18.4 Å². The average Bonchev–Trinajstić information content (AvgIpc) is 2.04. The molecule has 4 heteroatoms. The van der Waals surface area contributed by atoms with Gasteiger partial charge in [-0.3, -0.25) is 0 Å². The third kappa shape index (κ3) is 1.70. The van der Waals surface area contributed by atoms with Crippen LogP contribution < -0.4 is 5.32 Å². The third-order valence-electron chi connectivity index (χ3n) is 1.93. The van der Waals surface area contributed by atoms with Crippen LogP contribution in [0.1, 0.15) is 12.8 Å². The first-order chi connectivity index (χ1) is 5.19. The lowest BCUT2D eigenvalue weighted by molar-refractivity contribution is -0.163. The van der Waals surface area contributed by atoms with Crippen LogP contribution in [0, 0.1) is 0 Å². The van der Waals surface area contributed by atoms with Crippen LogP contribution in [0.3, 0.4) is 0 Å². The Morgan fingerprint density at radius 1 is 1.73 bits per heavy atom. The molecule has 0 radical (unpaired) electrons. The van der Waals surface area contributed by atoms with Crippen LogP contribution in [-0.2, 0) is 9.53 Å². The second-order valence-corrected chi connectivity index (χ2v) is 2.80. The SMILES string of the molecule is COC(=O)C1(O)CCCNC1. The van der Waals surface area contributed by atoms with E-state index < -0.39 is 11.6 Å². The summed E-state index contributed by atoms with van der Waals surface area (Å²) in [6.07, 6.45) is 1.30. The van der Waals surface area contributed by atoms with Crippen LogP contribution in [0.15, 0.2) is 0 Å². The van der Waals surface area contributed by atoms with Gasteiger partial charge in [0.25, 0.3) is 0 Å². The Balaban J connectivity index is 2.56. The lowest BCUT2D eigenvalue weighted by Gasteiger charge is -2.29. The fourth-order valence-corrected chi connectivity index (χ4v) is 1.25. The van der Waals surface area contributed by atoms with Crippen molar-refractivity contribution in [1.82, 2.24) is 5.32 Å². The molecule has 4 nitrogen and oxygen atoms in total. The lowest BCUT2D eigenvalue weighted by atomic mass is 9.94. The second kappa shape index (κ2) is 3.19. The highest BCUT2D eigenvalue weighted by atomic mass is 16.5. The quantitative estimate of drug-likeness (QED) is 0.495. The monoisotopic (exact) mass is 159 g/mol. The minimum absolute atomic E-state index is 0.305. The predicted molar refractivity (Wildman–Crippen MR) is 39.1 cm³/mol. The fraction of sp³-hybridized carbons (Fsp3) is 0.857. The number of piperidine rings is 1. The molecule has 0 amide bonds. The summed E-state index contributed by atoms with van der Waals surface area (Å²) in [5.41, 5.74) is -1.28. The molecule has 2 N–H and O–H groups in total. The first-order valence-electron chi connectivity index (χ1n) is 3.70. The number of rotatable bonds is 1. The number of esters is 1. The van der Waals surface area contributed by atoms with E-state index >= 15 is 0 Å². The standard InChI is InChI=1S/C7H13NO3/c1-11-6(9)7(10)3-2-4-8-5-7/h8,10H,2-5H2,1H3. The number of methoxy groups -OCH3 is 1. The zero-order valence-electron chi connectivity index (χ0n) is 6.59. The number of ether oxygens (including phenoxy) is 1. The van der Waals surface area contributed by atoms with Gasteiger partial charge in [0.15, 0.2) is 5.60 Å². The Kier molecular flexibility index (Phi) is 2.46. The molecule has 0 aromatic heterocycles. The maximum Gasteiger partial charge on any atom is 0.339 e. The maximum atomic E-state index is 11.0. The topological polar surface area (TPSA) is 58.6 Å². The van der Waals surface area contributed by atoms with Crippen LogP contribution >= 0.6 is 0 Å². The molecule has 0 aromatic carbocycles. The Labute approximate surface area is 65.5 Å². The minimum atomic E-state index is -1.28. The first-order valence-corrected chi connectivity index (χ1v) is 3.70.